The van der Waals surface area contributed by atoms with Crippen molar-refractivity contribution in [2.75, 3.05) is 0 Å². The van der Waals surface area contributed by atoms with Crippen LogP contribution >= 0.6 is 11.6 Å². The van der Waals surface area contributed by atoms with Crippen LogP contribution in [-0.4, -0.2) is 6.04 Å². The van der Waals surface area contributed by atoms with Gasteiger partial charge in [-0.3, -0.25) is 11.3 Å². The molecule has 0 radical (unpaired) electrons. The van der Waals surface area contributed by atoms with Crippen LogP contribution in [0, 0.1) is 0 Å². The number of allylic oxidation sites excluding steroid dienone is 1. The van der Waals surface area contributed by atoms with Crippen LogP contribution < -0.4 is 11.3 Å². The van der Waals surface area contributed by atoms with Crippen molar-refractivity contribution in [2.24, 2.45) is 5.84 Å². The fourth-order valence-corrected chi connectivity index (χ4v) is 2.81. The number of hydrazine groups is 1. The molecule has 0 aromatic heterocycles. The number of halogens is 1. The highest BCUT2D eigenvalue weighted by Gasteiger charge is 2.14. The molecule has 1 unspecified atom stereocenters. The minimum Gasteiger partial charge on any atom is -0.271 e. The lowest BCUT2D eigenvalue weighted by molar-refractivity contribution is 0.537. The lowest BCUT2D eigenvalue weighted by Gasteiger charge is -2.21. The molecular weight excluding hydrogens is 256 g/mol. The zero-order chi connectivity index (χ0) is 13.5. The Kier molecular flexibility index (Phi) is 5.90. The van der Waals surface area contributed by atoms with Crippen LogP contribution in [0.25, 0.3) is 0 Å². The lowest BCUT2D eigenvalue weighted by Crippen LogP contribution is -2.38. The number of hydrogen-bond acceptors (Lipinski definition) is 2. The van der Waals surface area contributed by atoms with Crippen LogP contribution in [0.1, 0.15) is 44.1 Å². The molecule has 1 aliphatic rings. The maximum Gasteiger partial charge on any atom is 0.0460 e. The van der Waals surface area contributed by atoms with Crippen molar-refractivity contribution in [1.82, 2.24) is 5.43 Å². The van der Waals surface area contributed by atoms with Gasteiger partial charge in [-0.1, -0.05) is 48.2 Å². The van der Waals surface area contributed by atoms with Crippen molar-refractivity contribution in [1.29, 1.82) is 0 Å². The van der Waals surface area contributed by atoms with Gasteiger partial charge in [0.2, 0.25) is 0 Å². The molecule has 0 saturated carbocycles. The Hall–Kier alpha value is -0.830. The van der Waals surface area contributed by atoms with Gasteiger partial charge in [0.1, 0.15) is 0 Å². The van der Waals surface area contributed by atoms with Crippen LogP contribution in [0.2, 0.25) is 5.02 Å². The largest absolute Gasteiger partial charge is 0.271 e. The molecular formula is C16H23ClN2. The molecule has 104 valence electrons. The molecule has 1 aromatic rings. The third-order valence-corrected chi connectivity index (χ3v) is 4.08. The van der Waals surface area contributed by atoms with Crippen molar-refractivity contribution in [3.63, 3.8) is 0 Å². The van der Waals surface area contributed by atoms with E-state index in [0.29, 0.717) is 0 Å². The van der Waals surface area contributed by atoms with Crippen LogP contribution in [0.4, 0.5) is 0 Å². The highest BCUT2D eigenvalue weighted by molar-refractivity contribution is 6.30. The molecule has 1 aliphatic carbocycles. The summed E-state index contributed by atoms with van der Waals surface area (Å²) in [7, 11) is 0. The van der Waals surface area contributed by atoms with Crippen LogP contribution in [0.15, 0.2) is 35.9 Å². The number of benzene rings is 1. The van der Waals surface area contributed by atoms with Crippen molar-refractivity contribution in [2.45, 2.75) is 51.0 Å². The average Bonchev–Trinajstić information content (AvgIpc) is 2.38. The summed E-state index contributed by atoms with van der Waals surface area (Å²) in [5, 5.41) is 0.783. The van der Waals surface area contributed by atoms with E-state index in [1.807, 2.05) is 12.1 Å². The Morgan fingerprint density at radius 3 is 2.58 bits per heavy atom. The van der Waals surface area contributed by atoms with Gasteiger partial charge < -0.3 is 0 Å². The van der Waals surface area contributed by atoms with Gasteiger partial charge in [-0.2, -0.15) is 0 Å². The van der Waals surface area contributed by atoms with Crippen LogP contribution in [0.3, 0.4) is 0 Å². The Morgan fingerprint density at radius 1 is 1.11 bits per heavy atom. The van der Waals surface area contributed by atoms with E-state index in [2.05, 4.69) is 23.6 Å². The second-order valence-corrected chi connectivity index (χ2v) is 5.72. The molecule has 1 atom stereocenters. The van der Waals surface area contributed by atoms with Crippen LogP contribution in [0.5, 0.6) is 0 Å². The smallest absolute Gasteiger partial charge is 0.0460 e. The van der Waals surface area contributed by atoms with Gasteiger partial charge in [-0.25, -0.2) is 0 Å². The predicted octanol–water partition coefficient (Wildman–Crippen LogP) is 4.00. The standard InChI is InChI=1S/C16H23ClN2/c17-15-10-8-13(9-11-15)12-16(19-18)14-6-4-2-1-3-5-7-14/h6,8-11,16,19H,1-5,7,12,18H2/b14-6+. The van der Waals surface area contributed by atoms with E-state index in [9.17, 15) is 0 Å². The van der Waals surface area contributed by atoms with Crippen molar-refractivity contribution < 1.29 is 0 Å². The molecule has 3 heteroatoms. The molecule has 0 bridgehead atoms. The zero-order valence-corrected chi connectivity index (χ0v) is 12.1. The number of nitrogens with two attached hydrogens (primary N) is 1. The first-order valence-electron chi connectivity index (χ1n) is 7.19. The summed E-state index contributed by atoms with van der Waals surface area (Å²) in [6.45, 7) is 0. The summed E-state index contributed by atoms with van der Waals surface area (Å²) in [4.78, 5) is 0. The summed E-state index contributed by atoms with van der Waals surface area (Å²) in [6, 6.07) is 8.29. The number of rotatable bonds is 4. The Labute approximate surface area is 121 Å². The van der Waals surface area contributed by atoms with Crippen molar-refractivity contribution in [3.8, 4) is 0 Å². The zero-order valence-electron chi connectivity index (χ0n) is 11.4. The van der Waals surface area contributed by atoms with Gasteiger partial charge in [-0.05, 0) is 49.8 Å². The normalized spacial score (nSPS) is 21.1. The third kappa shape index (κ3) is 4.64. The van der Waals surface area contributed by atoms with E-state index in [4.69, 9.17) is 17.4 Å². The minimum atomic E-state index is 0.249. The van der Waals surface area contributed by atoms with Gasteiger partial charge in [0.05, 0.1) is 0 Å². The molecule has 1 aromatic carbocycles. The molecule has 0 fully saturated rings. The topological polar surface area (TPSA) is 38.0 Å². The highest BCUT2D eigenvalue weighted by atomic mass is 35.5. The molecule has 3 N–H and O–H groups in total. The van der Waals surface area contributed by atoms with Gasteiger partial charge in [0.25, 0.3) is 0 Å². The molecule has 0 aliphatic heterocycles. The van der Waals surface area contributed by atoms with E-state index in [1.165, 1.54) is 49.7 Å². The maximum atomic E-state index is 5.92. The fourth-order valence-electron chi connectivity index (χ4n) is 2.69. The Balaban J connectivity index is 2.03. The van der Waals surface area contributed by atoms with Gasteiger partial charge >= 0.3 is 0 Å². The quantitative estimate of drug-likeness (QED) is 0.496. The molecule has 19 heavy (non-hydrogen) atoms. The van der Waals surface area contributed by atoms with Crippen molar-refractivity contribution >= 4 is 11.6 Å². The first-order chi connectivity index (χ1) is 9.29. The van der Waals surface area contributed by atoms with Gasteiger partial charge in [0, 0.05) is 11.1 Å². The number of nitrogens with one attached hydrogen (secondary N) is 1. The van der Waals surface area contributed by atoms with E-state index in [-0.39, 0.29) is 6.04 Å². The monoisotopic (exact) mass is 278 g/mol. The summed E-state index contributed by atoms with van der Waals surface area (Å²) in [5.41, 5.74) is 5.72. The van der Waals surface area contributed by atoms with Crippen molar-refractivity contribution in [3.05, 3.63) is 46.5 Å². The first kappa shape index (κ1) is 14.6. The van der Waals surface area contributed by atoms with E-state index in [1.54, 1.807) is 0 Å². The summed E-state index contributed by atoms with van der Waals surface area (Å²) in [5.74, 6) is 5.75. The SMILES string of the molecule is NNC(Cc1ccc(Cl)cc1)/C1=C/CCCCCC1. The van der Waals surface area contributed by atoms with E-state index >= 15 is 0 Å². The molecule has 2 rings (SSSR count). The molecule has 2 nitrogen and oxygen atoms in total. The fraction of sp³-hybridized carbons (Fsp3) is 0.500. The summed E-state index contributed by atoms with van der Waals surface area (Å²) >= 11 is 5.92. The molecule has 0 heterocycles. The minimum absolute atomic E-state index is 0.249. The third-order valence-electron chi connectivity index (χ3n) is 3.83. The Bertz CT molecular complexity index is 411. The maximum absolute atomic E-state index is 5.92. The molecule has 0 spiro atoms. The van der Waals surface area contributed by atoms with Gasteiger partial charge in [-0.15, -0.1) is 0 Å². The van der Waals surface area contributed by atoms with E-state index in [0.717, 1.165) is 11.4 Å². The van der Waals surface area contributed by atoms with Crippen LogP contribution in [-0.2, 0) is 6.42 Å². The number of hydrogen-bond donors (Lipinski definition) is 2. The molecule has 0 amide bonds. The summed E-state index contributed by atoms with van der Waals surface area (Å²) in [6.07, 6.45) is 11.0. The first-order valence-corrected chi connectivity index (χ1v) is 7.57. The Morgan fingerprint density at radius 2 is 1.84 bits per heavy atom. The predicted molar refractivity (Wildman–Crippen MR) is 82.1 cm³/mol. The van der Waals surface area contributed by atoms with Gasteiger partial charge in [0.15, 0.2) is 0 Å². The second-order valence-electron chi connectivity index (χ2n) is 5.28. The second kappa shape index (κ2) is 7.68. The van der Waals surface area contributed by atoms with E-state index < -0.39 is 0 Å². The lowest BCUT2D eigenvalue weighted by atomic mass is 9.92. The average molecular weight is 279 g/mol. The molecule has 0 saturated heterocycles. The summed E-state index contributed by atoms with van der Waals surface area (Å²) < 4.78 is 0. The highest BCUT2D eigenvalue weighted by Crippen LogP contribution is 2.22.